The van der Waals surface area contributed by atoms with Crippen LogP contribution in [0.15, 0.2) is 104 Å². The number of hydrogen-bond donors (Lipinski definition) is 3. The summed E-state index contributed by atoms with van der Waals surface area (Å²) >= 11 is 0. The second-order valence-corrected chi connectivity index (χ2v) is 7.78. The summed E-state index contributed by atoms with van der Waals surface area (Å²) in [5.41, 5.74) is 8.55. The van der Waals surface area contributed by atoms with E-state index in [9.17, 15) is 0 Å². The lowest BCUT2D eigenvalue weighted by molar-refractivity contribution is 1.10. The second-order valence-electron chi connectivity index (χ2n) is 7.78. The van der Waals surface area contributed by atoms with Crippen molar-refractivity contribution in [2.24, 2.45) is 0 Å². The van der Waals surface area contributed by atoms with E-state index >= 15 is 0 Å². The van der Waals surface area contributed by atoms with Crippen LogP contribution >= 0.6 is 0 Å². The number of aromatic nitrogens is 5. The fourth-order valence-corrected chi connectivity index (χ4v) is 3.79. The number of hydrogen-bond acceptors (Lipinski definition) is 4. The van der Waals surface area contributed by atoms with E-state index in [2.05, 4.69) is 38.6 Å². The van der Waals surface area contributed by atoms with Crippen molar-refractivity contribution in [1.29, 1.82) is 0 Å². The molecule has 0 fully saturated rings. The number of benzene rings is 2. The maximum absolute atomic E-state index is 4.93. The molecule has 3 heterocycles. The Morgan fingerprint density at radius 3 is 2.50 bits per heavy atom. The fourth-order valence-electron chi connectivity index (χ4n) is 3.79. The van der Waals surface area contributed by atoms with Crippen LogP contribution < -0.4 is 5.32 Å². The maximum Gasteiger partial charge on any atom is 0.161 e. The number of allylic oxidation sites excluding steroid dienone is 4. The number of para-hydroxylation sites is 2. The van der Waals surface area contributed by atoms with Crippen LogP contribution in [0.4, 0.5) is 0 Å². The second kappa shape index (κ2) is 9.03. The number of nitrogens with zero attached hydrogens (tertiary/aromatic N) is 3. The summed E-state index contributed by atoms with van der Waals surface area (Å²) in [6.45, 7) is 10.1. The van der Waals surface area contributed by atoms with Crippen LogP contribution in [0.2, 0.25) is 0 Å². The summed E-state index contributed by atoms with van der Waals surface area (Å²) in [6.07, 6.45) is 5.80. The van der Waals surface area contributed by atoms with E-state index in [-0.39, 0.29) is 0 Å². The molecule has 2 aromatic carbocycles. The highest BCUT2D eigenvalue weighted by Gasteiger charge is 2.15. The van der Waals surface area contributed by atoms with Crippen LogP contribution in [-0.4, -0.2) is 25.1 Å². The Balaban J connectivity index is 1.49. The van der Waals surface area contributed by atoms with Crippen LogP contribution in [0.1, 0.15) is 18.2 Å². The molecule has 0 amide bonds. The number of rotatable bonds is 7. The van der Waals surface area contributed by atoms with Crippen molar-refractivity contribution in [2.75, 3.05) is 0 Å². The van der Waals surface area contributed by atoms with Crippen molar-refractivity contribution in [3.8, 4) is 11.5 Å². The zero-order valence-corrected chi connectivity index (χ0v) is 18.8. The van der Waals surface area contributed by atoms with E-state index in [4.69, 9.17) is 4.98 Å². The third kappa shape index (κ3) is 4.04. The van der Waals surface area contributed by atoms with Crippen LogP contribution in [0.3, 0.4) is 0 Å². The Hall–Kier alpha value is -4.71. The number of fused-ring (bicyclic) bond motifs is 2. The number of imidazole rings is 1. The van der Waals surface area contributed by atoms with Gasteiger partial charge in [-0.05, 0) is 54.5 Å². The molecule has 0 saturated heterocycles. The minimum Gasteiger partial charge on any atom is -0.356 e. The highest BCUT2D eigenvalue weighted by atomic mass is 15.1. The maximum atomic E-state index is 4.93. The zero-order valence-electron chi connectivity index (χ0n) is 18.8. The van der Waals surface area contributed by atoms with Gasteiger partial charge in [0.1, 0.15) is 5.52 Å². The molecule has 34 heavy (non-hydrogen) atoms. The summed E-state index contributed by atoms with van der Waals surface area (Å²) in [5.74, 6) is 0.683. The van der Waals surface area contributed by atoms with E-state index in [1.807, 2.05) is 85.8 Å². The van der Waals surface area contributed by atoms with Gasteiger partial charge in [-0.15, -0.1) is 0 Å². The largest absolute Gasteiger partial charge is 0.356 e. The first-order valence-corrected chi connectivity index (χ1v) is 11.0. The lowest BCUT2D eigenvalue weighted by Gasteiger charge is -2.12. The van der Waals surface area contributed by atoms with Gasteiger partial charge >= 0.3 is 0 Å². The van der Waals surface area contributed by atoms with Crippen molar-refractivity contribution < 1.29 is 0 Å². The van der Waals surface area contributed by atoms with Crippen molar-refractivity contribution in [3.05, 3.63) is 115 Å². The van der Waals surface area contributed by atoms with E-state index in [0.717, 1.165) is 50.3 Å². The Morgan fingerprint density at radius 2 is 1.74 bits per heavy atom. The highest BCUT2D eigenvalue weighted by molar-refractivity contribution is 5.91. The van der Waals surface area contributed by atoms with Crippen molar-refractivity contribution in [1.82, 2.24) is 30.5 Å². The molecule has 0 atom stereocenters. The van der Waals surface area contributed by atoms with Gasteiger partial charge in [0.15, 0.2) is 11.5 Å². The van der Waals surface area contributed by atoms with Crippen molar-refractivity contribution in [2.45, 2.75) is 6.92 Å². The van der Waals surface area contributed by atoms with E-state index in [0.29, 0.717) is 11.5 Å². The first-order chi connectivity index (χ1) is 16.7. The molecule has 0 aliphatic heterocycles. The van der Waals surface area contributed by atoms with Gasteiger partial charge < -0.3 is 10.3 Å². The third-order valence-electron chi connectivity index (χ3n) is 5.58. The summed E-state index contributed by atoms with van der Waals surface area (Å²) in [5, 5.41) is 10.9. The molecule has 0 saturated carbocycles. The minimum absolute atomic E-state index is 0.683. The molecule has 3 N–H and O–H groups in total. The fraction of sp³-hybridized carbons (Fsp3) is 0.0357. The highest BCUT2D eigenvalue weighted by Crippen LogP contribution is 2.27. The van der Waals surface area contributed by atoms with Crippen LogP contribution in [0.5, 0.6) is 0 Å². The van der Waals surface area contributed by atoms with E-state index in [1.54, 1.807) is 6.08 Å². The predicted octanol–water partition coefficient (Wildman–Crippen LogP) is 6.23. The topological polar surface area (TPSA) is 82.3 Å². The molecule has 0 aliphatic rings. The summed E-state index contributed by atoms with van der Waals surface area (Å²) in [4.78, 5) is 13.0. The van der Waals surface area contributed by atoms with Crippen LogP contribution in [-0.2, 0) is 0 Å². The van der Waals surface area contributed by atoms with Gasteiger partial charge in [0.25, 0.3) is 0 Å². The molecule has 5 aromatic rings. The van der Waals surface area contributed by atoms with Gasteiger partial charge in [0.05, 0.1) is 22.2 Å². The Labute approximate surface area is 197 Å². The number of nitrogens with one attached hydrogen (secondary N) is 3. The first kappa shape index (κ1) is 21.2. The standard InChI is InChI=1S/C28H24N6/c1-4-19(17-21(5-2)29-18(3)20-11-7-6-8-12-20)22-15-16-25-26(30-22)27(34-33-25)28-31-23-13-9-10-14-24(23)32-28/h4-17,29H,2-3H2,1H3,(H,31,32)(H,33,34)/b19-4+,21-17+. The molecular weight excluding hydrogens is 420 g/mol. The lowest BCUT2D eigenvalue weighted by atomic mass is 10.1. The van der Waals surface area contributed by atoms with Crippen LogP contribution in [0.25, 0.3) is 44.9 Å². The summed E-state index contributed by atoms with van der Waals surface area (Å²) < 4.78 is 0. The Bertz CT molecular complexity index is 1530. The molecule has 166 valence electrons. The molecule has 0 spiro atoms. The van der Waals surface area contributed by atoms with E-state index in [1.165, 1.54) is 0 Å². The quantitative estimate of drug-likeness (QED) is 0.260. The molecule has 6 heteroatoms. The summed E-state index contributed by atoms with van der Waals surface area (Å²) in [6, 6.07) is 21.9. The Morgan fingerprint density at radius 1 is 0.941 bits per heavy atom. The lowest BCUT2D eigenvalue weighted by Crippen LogP contribution is -2.09. The van der Waals surface area contributed by atoms with Gasteiger partial charge in [0.2, 0.25) is 0 Å². The average molecular weight is 445 g/mol. The van der Waals surface area contributed by atoms with Gasteiger partial charge in [0, 0.05) is 11.4 Å². The molecule has 5 rings (SSSR count). The third-order valence-corrected chi connectivity index (χ3v) is 5.58. The molecule has 0 radical (unpaired) electrons. The number of aromatic amines is 2. The average Bonchev–Trinajstić information content (AvgIpc) is 3.50. The molecule has 6 nitrogen and oxygen atoms in total. The molecular formula is C28H24N6. The monoisotopic (exact) mass is 444 g/mol. The summed E-state index contributed by atoms with van der Waals surface area (Å²) in [7, 11) is 0. The number of H-pyrrole nitrogens is 2. The van der Waals surface area contributed by atoms with Gasteiger partial charge in [-0.1, -0.05) is 61.7 Å². The minimum atomic E-state index is 0.683. The molecule has 0 unspecified atom stereocenters. The van der Waals surface area contributed by atoms with Gasteiger partial charge in [-0.2, -0.15) is 5.10 Å². The van der Waals surface area contributed by atoms with Crippen LogP contribution in [0, 0.1) is 0 Å². The molecule has 0 aliphatic carbocycles. The normalized spacial score (nSPS) is 12.3. The van der Waals surface area contributed by atoms with Gasteiger partial charge in [-0.25, -0.2) is 9.97 Å². The smallest absolute Gasteiger partial charge is 0.161 e. The zero-order chi connectivity index (χ0) is 23.5. The van der Waals surface area contributed by atoms with Crippen molar-refractivity contribution >= 4 is 33.3 Å². The van der Waals surface area contributed by atoms with E-state index < -0.39 is 0 Å². The number of pyridine rings is 1. The predicted molar refractivity (Wildman–Crippen MR) is 140 cm³/mol. The van der Waals surface area contributed by atoms with Gasteiger partial charge in [-0.3, -0.25) is 5.10 Å². The van der Waals surface area contributed by atoms with Crippen molar-refractivity contribution in [3.63, 3.8) is 0 Å². The first-order valence-electron chi connectivity index (χ1n) is 11.0. The Kier molecular flexibility index (Phi) is 5.62. The SMILES string of the molecule is C=C/C(=C\C(=C/C)c1ccc2[nH]nc(-c3nc4ccccc4[nH]3)c2n1)NC(=C)c1ccccc1. The molecule has 3 aromatic heterocycles. The molecule has 0 bridgehead atoms.